The van der Waals surface area contributed by atoms with Crippen molar-refractivity contribution in [1.29, 1.82) is 0 Å². The maximum atomic E-state index is 6.06. The van der Waals surface area contributed by atoms with Crippen LogP contribution >= 0.6 is 0 Å². The van der Waals surface area contributed by atoms with E-state index in [4.69, 9.17) is 5.73 Å². The molecule has 2 fully saturated rings. The third-order valence-electron chi connectivity index (χ3n) is 3.52. The van der Waals surface area contributed by atoms with E-state index in [0.717, 1.165) is 31.4 Å². The van der Waals surface area contributed by atoms with E-state index in [1.165, 1.54) is 12.8 Å². The van der Waals surface area contributed by atoms with Gasteiger partial charge in [0.2, 0.25) is 0 Å². The maximum absolute atomic E-state index is 6.06. The molecule has 2 heterocycles. The van der Waals surface area contributed by atoms with Gasteiger partial charge in [0.25, 0.3) is 0 Å². The molecule has 5 heteroatoms. The summed E-state index contributed by atoms with van der Waals surface area (Å²) in [4.78, 5) is 0. The summed E-state index contributed by atoms with van der Waals surface area (Å²) in [5.74, 6) is 1.84. The zero-order valence-corrected chi connectivity index (χ0v) is 9.39. The third-order valence-corrected chi connectivity index (χ3v) is 3.52. The lowest BCUT2D eigenvalue weighted by Crippen LogP contribution is -2.44. The fourth-order valence-corrected chi connectivity index (χ4v) is 2.11. The molecule has 4 N–H and O–H groups in total. The molecule has 1 saturated carbocycles. The summed E-state index contributed by atoms with van der Waals surface area (Å²) in [7, 11) is 0. The summed E-state index contributed by atoms with van der Waals surface area (Å²) in [5.41, 5.74) is 6.06. The molecule has 0 radical (unpaired) electrons. The number of nitrogens with two attached hydrogens (primary N) is 1. The number of rotatable bonds is 5. The lowest BCUT2D eigenvalue weighted by Gasteiger charge is -2.29. The zero-order chi connectivity index (χ0) is 11.0. The van der Waals surface area contributed by atoms with Crippen molar-refractivity contribution in [1.82, 2.24) is 15.1 Å². The molecule has 88 valence electrons. The van der Waals surface area contributed by atoms with Crippen LogP contribution in [0.25, 0.3) is 0 Å². The summed E-state index contributed by atoms with van der Waals surface area (Å²) >= 11 is 0. The zero-order valence-electron chi connectivity index (χ0n) is 9.39. The van der Waals surface area contributed by atoms with Gasteiger partial charge >= 0.3 is 0 Å². The molecule has 0 spiro atoms. The minimum Gasteiger partial charge on any atom is -0.369 e. The number of nitrogens with one attached hydrogen (secondary N) is 2. The molecule has 16 heavy (non-hydrogen) atoms. The average molecular weight is 221 g/mol. The molecule has 1 aliphatic carbocycles. The van der Waals surface area contributed by atoms with E-state index in [1.807, 2.05) is 12.3 Å². The molecule has 0 amide bonds. The highest BCUT2D eigenvalue weighted by Crippen LogP contribution is 2.31. The van der Waals surface area contributed by atoms with Gasteiger partial charge in [0.05, 0.1) is 12.2 Å². The van der Waals surface area contributed by atoms with E-state index < -0.39 is 0 Å². The van der Waals surface area contributed by atoms with Crippen molar-refractivity contribution in [3.8, 4) is 0 Å². The van der Waals surface area contributed by atoms with Gasteiger partial charge in [-0.1, -0.05) is 0 Å². The lowest BCUT2D eigenvalue weighted by molar-refractivity contribution is 0.321. The summed E-state index contributed by atoms with van der Waals surface area (Å²) < 4.78 is 2.07. The van der Waals surface area contributed by atoms with Crippen molar-refractivity contribution in [3.05, 3.63) is 12.3 Å². The van der Waals surface area contributed by atoms with Crippen molar-refractivity contribution >= 4 is 5.82 Å². The Hall–Kier alpha value is -1.07. The second kappa shape index (κ2) is 4.07. The number of anilines is 1. The van der Waals surface area contributed by atoms with E-state index in [2.05, 4.69) is 20.4 Å². The SMILES string of the molecule is NC(CNc1ccnn1C1CNC1)C1CC1. The second-order valence-corrected chi connectivity index (χ2v) is 4.86. The largest absolute Gasteiger partial charge is 0.369 e. The van der Waals surface area contributed by atoms with E-state index in [9.17, 15) is 0 Å². The molecule has 1 atom stereocenters. The van der Waals surface area contributed by atoms with Crippen molar-refractivity contribution < 1.29 is 0 Å². The number of hydrogen-bond acceptors (Lipinski definition) is 4. The van der Waals surface area contributed by atoms with Gasteiger partial charge in [-0.15, -0.1) is 0 Å². The first-order chi connectivity index (χ1) is 7.84. The molecule has 5 nitrogen and oxygen atoms in total. The topological polar surface area (TPSA) is 67.9 Å². The van der Waals surface area contributed by atoms with Gasteiger partial charge in [-0.3, -0.25) is 0 Å². The molecule has 1 saturated heterocycles. The number of aromatic nitrogens is 2. The normalized spacial score (nSPS) is 22.8. The fourth-order valence-electron chi connectivity index (χ4n) is 2.11. The van der Waals surface area contributed by atoms with E-state index in [1.54, 1.807) is 0 Å². The summed E-state index contributed by atoms with van der Waals surface area (Å²) in [6, 6.07) is 2.83. The molecular formula is C11H19N5. The van der Waals surface area contributed by atoms with Crippen LogP contribution in [0.2, 0.25) is 0 Å². The van der Waals surface area contributed by atoms with Gasteiger partial charge in [-0.05, 0) is 18.8 Å². The van der Waals surface area contributed by atoms with Gasteiger partial charge < -0.3 is 16.4 Å². The minimum absolute atomic E-state index is 0.294. The van der Waals surface area contributed by atoms with Gasteiger partial charge in [0.15, 0.2) is 0 Å². The molecule has 2 aliphatic rings. The van der Waals surface area contributed by atoms with Gasteiger partial charge in [-0.2, -0.15) is 5.10 Å². The Bertz CT molecular complexity index is 353. The molecule has 1 aromatic rings. The third kappa shape index (κ3) is 1.92. The quantitative estimate of drug-likeness (QED) is 0.663. The lowest BCUT2D eigenvalue weighted by atomic mass is 10.2. The van der Waals surface area contributed by atoms with Crippen LogP contribution in [0.3, 0.4) is 0 Å². The molecule has 0 aromatic carbocycles. The molecule has 1 aliphatic heterocycles. The predicted octanol–water partition coefficient (Wildman–Crippen LogP) is 0.177. The van der Waals surface area contributed by atoms with Crippen molar-refractivity contribution in [2.45, 2.75) is 24.9 Å². The molecular weight excluding hydrogens is 202 g/mol. The summed E-state index contributed by atoms with van der Waals surface area (Å²) in [6.07, 6.45) is 4.45. The van der Waals surface area contributed by atoms with Crippen LogP contribution in [-0.2, 0) is 0 Å². The van der Waals surface area contributed by atoms with Crippen LogP contribution in [-0.4, -0.2) is 35.5 Å². The highest BCUT2D eigenvalue weighted by atomic mass is 15.4. The molecule has 3 rings (SSSR count). The second-order valence-electron chi connectivity index (χ2n) is 4.86. The molecule has 1 aromatic heterocycles. The summed E-state index contributed by atoms with van der Waals surface area (Å²) in [6.45, 7) is 2.90. The Balaban J connectivity index is 1.58. The minimum atomic E-state index is 0.294. The van der Waals surface area contributed by atoms with Crippen LogP contribution in [0.1, 0.15) is 18.9 Å². The molecule has 0 bridgehead atoms. The van der Waals surface area contributed by atoms with Gasteiger partial charge in [0.1, 0.15) is 5.82 Å². The summed E-state index contributed by atoms with van der Waals surface area (Å²) in [5, 5.41) is 11.0. The first-order valence-corrected chi connectivity index (χ1v) is 6.08. The number of hydrogen-bond donors (Lipinski definition) is 3. The predicted molar refractivity (Wildman–Crippen MR) is 63.3 cm³/mol. The van der Waals surface area contributed by atoms with Crippen molar-refractivity contribution in [2.75, 3.05) is 25.0 Å². The van der Waals surface area contributed by atoms with Crippen LogP contribution in [0.15, 0.2) is 12.3 Å². The monoisotopic (exact) mass is 221 g/mol. The van der Waals surface area contributed by atoms with Crippen LogP contribution in [0.5, 0.6) is 0 Å². The maximum Gasteiger partial charge on any atom is 0.124 e. The Morgan fingerprint density at radius 2 is 2.38 bits per heavy atom. The van der Waals surface area contributed by atoms with E-state index >= 15 is 0 Å². The Labute approximate surface area is 95.4 Å². The van der Waals surface area contributed by atoms with Gasteiger partial charge in [-0.25, -0.2) is 4.68 Å². The van der Waals surface area contributed by atoms with Gasteiger partial charge in [0, 0.05) is 31.7 Å². The fraction of sp³-hybridized carbons (Fsp3) is 0.727. The highest BCUT2D eigenvalue weighted by Gasteiger charge is 2.28. The smallest absolute Gasteiger partial charge is 0.124 e. The first-order valence-electron chi connectivity index (χ1n) is 6.08. The Morgan fingerprint density at radius 1 is 1.56 bits per heavy atom. The van der Waals surface area contributed by atoms with Crippen LogP contribution < -0.4 is 16.4 Å². The number of nitrogens with zero attached hydrogens (tertiary/aromatic N) is 2. The Kier molecular flexibility index (Phi) is 2.57. The first kappa shape index (κ1) is 10.1. The highest BCUT2D eigenvalue weighted by molar-refractivity contribution is 5.35. The van der Waals surface area contributed by atoms with E-state index in [0.29, 0.717) is 12.1 Å². The molecule has 1 unspecified atom stereocenters. The van der Waals surface area contributed by atoms with E-state index in [-0.39, 0.29) is 0 Å². The van der Waals surface area contributed by atoms with Crippen LogP contribution in [0, 0.1) is 5.92 Å². The van der Waals surface area contributed by atoms with Crippen molar-refractivity contribution in [3.63, 3.8) is 0 Å². The van der Waals surface area contributed by atoms with Crippen LogP contribution in [0.4, 0.5) is 5.82 Å². The Morgan fingerprint density at radius 3 is 3.00 bits per heavy atom. The average Bonchev–Trinajstić information content (AvgIpc) is 2.96. The standard InChI is InChI=1S/C11H19N5/c12-10(8-1-2-8)7-14-11-3-4-15-16(11)9-5-13-6-9/h3-4,8-10,13-14H,1-2,5-7,12H2. The van der Waals surface area contributed by atoms with Crippen molar-refractivity contribution in [2.24, 2.45) is 11.7 Å².